The van der Waals surface area contributed by atoms with Crippen LogP contribution in [0.3, 0.4) is 0 Å². The van der Waals surface area contributed by atoms with Crippen LogP contribution in [-0.2, 0) is 14.8 Å². The molecular weight excluding hydrogens is 314 g/mol. The molecule has 0 saturated carbocycles. The molecule has 1 aliphatic heterocycles. The molecule has 6 nitrogen and oxygen atoms in total. The lowest BCUT2D eigenvalue weighted by Gasteiger charge is -2.35. The van der Waals surface area contributed by atoms with Gasteiger partial charge in [-0.15, -0.1) is 0 Å². The molecule has 0 aliphatic carbocycles. The summed E-state index contributed by atoms with van der Waals surface area (Å²) in [6, 6.07) is 8.44. The van der Waals surface area contributed by atoms with Gasteiger partial charge in [-0.05, 0) is 45.1 Å². The lowest BCUT2D eigenvalue weighted by atomic mass is 10.0. The van der Waals surface area contributed by atoms with E-state index in [1.54, 1.807) is 23.1 Å². The number of benzene rings is 1. The number of hydrogen-bond acceptors (Lipinski definition) is 4. The summed E-state index contributed by atoms with van der Waals surface area (Å²) in [5.41, 5.74) is 0. The highest BCUT2D eigenvalue weighted by molar-refractivity contribution is 7.89. The van der Waals surface area contributed by atoms with E-state index in [9.17, 15) is 13.2 Å². The molecule has 0 bridgehead atoms. The number of likely N-dealkylation sites (tertiary alicyclic amines) is 1. The van der Waals surface area contributed by atoms with Crippen LogP contribution in [0.1, 0.15) is 19.3 Å². The van der Waals surface area contributed by atoms with Gasteiger partial charge in [0.2, 0.25) is 15.9 Å². The maximum Gasteiger partial charge on any atom is 0.240 e. The minimum Gasteiger partial charge on any atom is -0.343 e. The zero-order valence-electron chi connectivity index (χ0n) is 13.7. The van der Waals surface area contributed by atoms with Crippen LogP contribution in [0.2, 0.25) is 0 Å². The van der Waals surface area contributed by atoms with E-state index in [1.807, 2.05) is 7.05 Å². The first-order chi connectivity index (χ1) is 10.9. The second-order valence-corrected chi connectivity index (χ2v) is 7.77. The van der Waals surface area contributed by atoms with Crippen molar-refractivity contribution in [2.45, 2.75) is 30.2 Å². The summed E-state index contributed by atoms with van der Waals surface area (Å²) in [6.45, 7) is 2.10. The minimum atomic E-state index is -3.54. The van der Waals surface area contributed by atoms with Crippen molar-refractivity contribution < 1.29 is 13.2 Å². The maximum absolute atomic E-state index is 12.2. The third-order valence-electron chi connectivity index (χ3n) is 4.31. The van der Waals surface area contributed by atoms with E-state index in [0.717, 1.165) is 25.9 Å². The molecule has 0 radical (unpaired) electrons. The van der Waals surface area contributed by atoms with Gasteiger partial charge >= 0.3 is 0 Å². The number of rotatable bonds is 6. The van der Waals surface area contributed by atoms with Gasteiger partial charge in [0.15, 0.2) is 0 Å². The van der Waals surface area contributed by atoms with Crippen molar-refractivity contribution in [3.8, 4) is 0 Å². The van der Waals surface area contributed by atoms with Gasteiger partial charge in [0.25, 0.3) is 0 Å². The standard InChI is InChI=1S/C16H25N3O3S/c1-18-12-9-14(10-13-18)19(2)16(20)8-11-17-23(21,22)15-6-4-3-5-7-15/h3-7,14,17H,8-13H2,1-2H3. The maximum atomic E-state index is 12.2. The van der Waals surface area contributed by atoms with Gasteiger partial charge in [0.05, 0.1) is 4.90 Å². The highest BCUT2D eigenvalue weighted by Crippen LogP contribution is 2.15. The lowest BCUT2D eigenvalue weighted by Crippen LogP contribution is -2.45. The molecule has 1 aliphatic rings. The van der Waals surface area contributed by atoms with Crippen LogP contribution in [-0.4, -0.2) is 63.9 Å². The second kappa shape index (κ2) is 7.90. The Hall–Kier alpha value is -1.44. The molecule has 1 saturated heterocycles. The zero-order chi connectivity index (χ0) is 16.9. The Labute approximate surface area is 138 Å². The quantitative estimate of drug-likeness (QED) is 0.836. The number of sulfonamides is 1. The fraction of sp³-hybridized carbons (Fsp3) is 0.562. The second-order valence-electron chi connectivity index (χ2n) is 6.00. The molecule has 128 valence electrons. The van der Waals surface area contributed by atoms with Gasteiger partial charge in [-0.1, -0.05) is 18.2 Å². The number of nitrogens with zero attached hydrogens (tertiary/aromatic N) is 2. The Balaban J connectivity index is 1.80. The SMILES string of the molecule is CN1CCC(N(C)C(=O)CCNS(=O)(=O)c2ccccc2)CC1. The van der Waals surface area contributed by atoms with E-state index < -0.39 is 10.0 Å². The van der Waals surface area contributed by atoms with Crippen molar-refractivity contribution >= 4 is 15.9 Å². The fourth-order valence-electron chi connectivity index (χ4n) is 2.74. The van der Waals surface area contributed by atoms with E-state index in [4.69, 9.17) is 0 Å². The number of carbonyl (C=O) groups is 1. The molecule has 1 fully saturated rings. The molecule has 1 N–H and O–H groups in total. The Morgan fingerprint density at radius 1 is 1.26 bits per heavy atom. The Kier molecular flexibility index (Phi) is 6.15. The third kappa shape index (κ3) is 5.02. The van der Waals surface area contributed by atoms with Crippen molar-refractivity contribution in [1.82, 2.24) is 14.5 Å². The first kappa shape index (κ1) is 17.9. The molecule has 2 rings (SSSR count). The highest BCUT2D eigenvalue weighted by atomic mass is 32.2. The summed E-state index contributed by atoms with van der Waals surface area (Å²) < 4.78 is 26.6. The van der Waals surface area contributed by atoms with Gasteiger partial charge in [0, 0.05) is 26.1 Å². The number of piperidine rings is 1. The van der Waals surface area contributed by atoms with Gasteiger partial charge in [-0.3, -0.25) is 4.79 Å². The molecule has 1 heterocycles. The average molecular weight is 339 g/mol. The highest BCUT2D eigenvalue weighted by Gasteiger charge is 2.24. The first-order valence-corrected chi connectivity index (χ1v) is 9.37. The van der Waals surface area contributed by atoms with Crippen molar-refractivity contribution in [3.05, 3.63) is 30.3 Å². The monoisotopic (exact) mass is 339 g/mol. The van der Waals surface area contributed by atoms with E-state index >= 15 is 0 Å². The van der Waals surface area contributed by atoms with Crippen molar-refractivity contribution in [3.63, 3.8) is 0 Å². The van der Waals surface area contributed by atoms with E-state index in [-0.39, 0.29) is 29.8 Å². The first-order valence-electron chi connectivity index (χ1n) is 7.89. The van der Waals surface area contributed by atoms with Gasteiger partial charge in [-0.25, -0.2) is 13.1 Å². The number of hydrogen-bond donors (Lipinski definition) is 1. The third-order valence-corrected chi connectivity index (χ3v) is 5.79. The summed E-state index contributed by atoms with van der Waals surface area (Å²) in [5.74, 6) is -0.0182. The van der Waals surface area contributed by atoms with Crippen LogP contribution in [0.5, 0.6) is 0 Å². The predicted molar refractivity (Wildman–Crippen MR) is 89.5 cm³/mol. The van der Waals surface area contributed by atoms with Crippen LogP contribution >= 0.6 is 0 Å². The number of carbonyl (C=O) groups excluding carboxylic acids is 1. The number of nitrogens with one attached hydrogen (secondary N) is 1. The van der Waals surface area contributed by atoms with Crippen LogP contribution in [0.15, 0.2) is 35.2 Å². The zero-order valence-corrected chi connectivity index (χ0v) is 14.6. The van der Waals surface area contributed by atoms with Gasteiger partial charge < -0.3 is 9.80 Å². The predicted octanol–water partition coefficient (Wildman–Crippen LogP) is 0.908. The Bertz CT molecular complexity index is 611. The molecule has 0 atom stereocenters. The smallest absolute Gasteiger partial charge is 0.240 e. The molecule has 1 aromatic carbocycles. The Morgan fingerprint density at radius 2 is 1.87 bits per heavy atom. The molecule has 0 spiro atoms. The lowest BCUT2D eigenvalue weighted by molar-refractivity contribution is -0.132. The molecule has 1 amide bonds. The van der Waals surface area contributed by atoms with E-state index in [1.165, 1.54) is 12.1 Å². The molecule has 0 unspecified atom stereocenters. The van der Waals surface area contributed by atoms with Crippen LogP contribution in [0.25, 0.3) is 0 Å². The summed E-state index contributed by atoms with van der Waals surface area (Å²) in [5, 5.41) is 0. The summed E-state index contributed by atoms with van der Waals surface area (Å²) in [4.78, 5) is 16.5. The molecule has 1 aromatic rings. The van der Waals surface area contributed by atoms with Crippen molar-refractivity contribution in [1.29, 1.82) is 0 Å². The van der Waals surface area contributed by atoms with E-state index in [0.29, 0.717) is 0 Å². The van der Waals surface area contributed by atoms with Crippen molar-refractivity contribution in [2.75, 3.05) is 33.7 Å². The van der Waals surface area contributed by atoms with Gasteiger partial charge in [0.1, 0.15) is 0 Å². The van der Waals surface area contributed by atoms with Crippen LogP contribution in [0.4, 0.5) is 0 Å². The molecule has 23 heavy (non-hydrogen) atoms. The normalized spacial score (nSPS) is 17.1. The average Bonchev–Trinajstić information content (AvgIpc) is 2.55. The van der Waals surface area contributed by atoms with Crippen LogP contribution < -0.4 is 4.72 Å². The Morgan fingerprint density at radius 3 is 2.48 bits per heavy atom. The molecular formula is C16H25N3O3S. The van der Waals surface area contributed by atoms with E-state index in [2.05, 4.69) is 16.7 Å². The summed E-state index contributed by atoms with van der Waals surface area (Å²) in [6.07, 6.45) is 2.11. The summed E-state index contributed by atoms with van der Waals surface area (Å²) in [7, 11) is 0.348. The largest absolute Gasteiger partial charge is 0.343 e. The van der Waals surface area contributed by atoms with Crippen LogP contribution in [0, 0.1) is 0 Å². The topological polar surface area (TPSA) is 69.7 Å². The molecule has 0 aromatic heterocycles. The number of amides is 1. The van der Waals surface area contributed by atoms with Crippen molar-refractivity contribution in [2.24, 2.45) is 0 Å². The summed E-state index contributed by atoms with van der Waals surface area (Å²) >= 11 is 0. The fourth-order valence-corrected chi connectivity index (χ4v) is 3.79. The molecule has 7 heteroatoms. The minimum absolute atomic E-state index is 0.0182. The van der Waals surface area contributed by atoms with Gasteiger partial charge in [-0.2, -0.15) is 0 Å².